The maximum absolute atomic E-state index is 13.4. The highest BCUT2D eigenvalue weighted by Gasteiger charge is 2.22. The van der Waals surface area contributed by atoms with Crippen LogP contribution in [-0.2, 0) is 0 Å². The predicted molar refractivity (Wildman–Crippen MR) is 64.1 cm³/mol. The van der Waals surface area contributed by atoms with Crippen LogP contribution in [0.4, 0.5) is 8.78 Å². The highest BCUT2D eigenvalue weighted by Crippen LogP contribution is 2.13. The Morgan fingerprint density at radius 3 is 2.82 bits per heavy atom. The van der Waals surface area contributed by atoms with Gasteiger partial charge in [0.25, 0.3) is 5.91 Å². The molecule has 3 nitrogen and oxygen atoms in total. The van der Waals surface area contributed by atoms with Crippen molar-refractivity contribution in [3.05, 3.63) is 29.6 Å². The number of carbonyl (C=O) groups is 1. The first kappa shape index (κ1) is 13.9. The second-order valence-electron chi connectivity index (χ2n) is 3.68. The van der Waals surface area contributed by atoms with Crippen molar-refractivity contribution < 1.29 is 13.6 Å². The van der Waals surface area contributed by atoms with Gasteiger partial charge >= 0.3 is 0 Å². The molecule has 0 aliphatic carbocycles. The van der Waals surface area contributed by atoms with Crippen LogP contribution in [0.3, 0.4) is 0 Å². The number of nitrogens with zero attached hydrogens (tertiary/aromatic N) is 2. The Hall–Kier alpha value is -1.17. The molecule has 0 radical (unpaired) electrons. The van der Waals surface area contributed by atoms with Crippen molar-refractivity contribution in [2.45, 2.75) is 13.0 Å². The standard InChI is InChI=1S/C11H14F2N2OS/c1-7(6-17-3)15(2)11(16)8-4-5-14-10(13)9(8)12/h4-5,7H,6H2,1-3H3. The summed E-state index contributed by atoms with van der Waals surface area (Å²) in [7, 11) is 1.57. The molecule has 0 fully saturated rings. The first-order chi connectivity index (χ1) is 7.99. The summed E-state index contributed by atoms with van der Waals surface area (Å²) < 4.78 is 26.3. The second kappa shape index (κ2) is 5.95. The van der Waals surface area contributed by atoms with E-state index in [1.54, 1.807) is 18.8 Å². The van der Waals surface area contributed by atoms with Gasteiger partial charge in [0, 0.05) is 25.0 Å². The highest BCUT2D eigenvalue weighted by molar-refractivity contribution is 7.98. The van der Waals surface area contributed by atoms with E-state index >= 15 is 0 Å². The summed E-state index contributed by atoms with van der Waals surface area (Å²) in [6, 6.07) is 1.14. The van der Waals surface area contributed by atoms with Crippen LogP contribution in [0.5, 0.6) is 0 Å². The lowest BCUT2D eigenvalue weighted by Crippen LogP contribution is -2.37. The molecule has 1 atom stereocenters. The SMILES string of the molecule is CSCC(C)N(C)C(=O)c1ccnc(F)c1F. The van der Waals surface area contributed by atoms with Crippen LogP contribution in [0.1, 0.15) is 17.3 Å². The molecule has 1 heterocycles. The minimum atomic E-state index is -1.25. The first-order valence-corrected chi connectivity index (χ1v) is 6.44. The van der Waals surface area contributed by atoms with Gasteiger partial charge in [-0.15, -0.1) is 0 Å². The van der Waals surface area contributed by atoms with Crippen molar-refractivity contribution in [1.29, 1.82) is 0 Å². The van der Waals surface area contributed by atoms with Crippen molar-refractivity contribution in [2.24, 2.45) is 0 Å². The number of thioether (sulfide) groups is 1. The van der Waals surface area contributed by atoms with Gasteiger partial charge in [-0.25, -0.2) is 9.37 Å². The first-order valence-electron chi connectivity index (χ1n) is 5.05. The largest absolute Gasteiger partial charge is 0.338 e. The summed E-state index contributed by atoms with van der Waals surface area (Å²) in [6.45, 7) is 1.85. The van der Waals surface area contributed by atoms with E-state index < -0.39 is 17.7 Å². The predicted octanol–water partition coefficient (Wildman–Crippen LogP) is 2.18. The molecule has 1 aromatic heterocycles. The average Bonchev–Trinajstić information content (AvgIpc) is 2.31. The molecule has 1 unspecified atom stereocenters. The Morgan fingerprint density at radius 2 is 2.24 bits per heavy atom. The fraction of sp³-hybridized carbons (Fsp3) is 0.455. The van der Waals surface area contributed by atoms with Crippen molar-refractivity contribution in [3.8, 4) is 0 Å². The number of pyridine rings is 1. The van der Waals surface area contributed by atoms with E-state index in [9.17, 15) is 13.6 Å². The molecule has 1 amide bonds. The summed E-state index contributed by atoms with van der Waals surface area (Å²) in [4.78, 5) is 16.5. The zero-order valence-electron chi connectivity index (χ0n) is 9.91. The molecule has 0 N–H and O–H groups in total. The lowest BCUT2D eigenvalue weighted by molar-refractivity contribution is 0.0751. The monoisotopic (exact) mass is 260 g/mol. The molecule has 0 aromatic carbocycles. The van der Waals surface area contributed by atoms with Crippen LogP contribution in [0.25, 0.3) is 0 Å². The molecule has 0 aliphatic heterocycles. The van der Waals surface area contributed by atoms with Crippen LogP contribution >= 0.6 is 11.8 Å². The summed E-state index contributed by atoms with van der Waals surface area (Å²) in [6.07, 6.45) is 3.00. The molecule has 94 valence electrons. The number of hydrogen-bond donors (Lipinski definition) is 0. The summed E-state index contributed by atoms with van der Waals surface area (Å²) >= 11 is 1.58. The molecule has 0 bridgehead atoms. The van der Waals surface area contributed by atoms with Gasteiger partial charge in [0.2, 0.25) is 5.95 Å². The van der Waals surface area contributed by atoms with E-state index in [1.807, 2.05) is 13.2 Å². The van der Waals surface area contributed by atoms with Crippen molar-refractivity contribution in [2.75, 3.05) is 19.1 Å². The van der Waals surface area contributed by atoms with Crippen LogP contribution in [0.15, 0.2) is 12.3 Å². The van der Waals surface area contributed by atoms with Crippen LogP contribution in [0, 0.1) is 11.8 Å². The number of carbonyl (C=O) groups excluding carboxylic acids is 1. The van der Waals surface area contributed by atoms with E-state index in [0.717, 1.165) is 11.9 Å². The minimum absolute atomic E-state index is 0.0480. The third-order valence-corrected chi connectivity index (χ3v) is 3.28. The highest BCUT2D eigenvalue weighted by atomic mass is 32.2. The molecular formula is C11H14F2N2OS. The van der Waals surface area contributed by atoms with Gasteiger partial charge in [0.1, 0.15) is 0 Å². The Morgan fingerprint density at radius 1 is 1.59 bits per heavy atom. The van der Waals surface area contributed by atoms with Gasteiger partial charge in [-0.2, -0.15) is 16.2 Å². The van der Waals surface area contributed by atoms with E-state index in [4.69, 9.17) is 0 Å². The van der Waals surface area contributed by atoms with Crippen LogP contribution in [0.2, 0.25) is 0 Å². The maximum atomic E-state index is 13.4. The molecule has 0 saturated carbocycles. The number of amides is 1. The quantitative estimate of drug-likeness (QED) is 0.778. The second-order valence-corrected chi connectivity index (χ2v) is 4.59. The van der Waals surface area contributed by atoms with Gasteiger partial charge in [-0.3, -0.25) is 4.79 Å². The molecule has 17 heavy (non-hydrogen) atoms. The molecular weight excluding hydrogens is 246 g/mol. The van der Waals surface area contributed by atoms with E-state index in [1.165, 1.54) is 11.0 Å². The Bertz CT molecular complexity index is 414. The smallest absolute Gasteiger partial charge is 0.257 e. The number of rotatable bonds is 4. The average molecular weight is 260 g/mol. The molecule has 1 aromatic rings. The van der Waals surface area contributed by atoms with Crippen molar-refractivity contribution >= 4 is 17.7 Å². The maximum Gasteiger partial charge on any atom is 0.257 e. The molecule has 6 heteroatoms. The summed E-state index contributed by atoms with van der Waals surface area (Å²) in [5.41, 5.74) is -0.284. The molecule has 1 rings (SSSR count). The van der Waals surface area contributed by atoms with Crippen LogP contribution in [-0.4, -0.2) is 40.9 Å². The van der Waals surface area contributed by atoms with Gasteiger partial charge in [-0.1, -0.05) is 0 Å². The topological polar surface area (TPSA) is 33.2 Å². The summed E-state index contributed by atoms with van der Waals surface area (Å²) in [5.74, 6) is -2.25. The third-order valence-electron chi connectivity index (χ3n) is 2.47. The number of halogens is 2. The van der Waals surface area contributed by atoms with E-state index in [0.29, 0.717) is 0 Å². The van der Waals surface area contributed by atoms with E-state index in [2.05, 4.69) is 4.98 Å². The molecule has 0 aliphatic rings. The zero-order valence-corrected chi connectivity index (χ0v) is 10.7. The third kappa shape index (κ3) is 3.15. The lowest BCUT2D eigenvalue weighted by Gasteiger charge is -2.24. The zero-order chi connectivity index (χ0) is 13.0. The van der Waals surface area contributed by atoms with Crippen molar-refractivity contribution in [3.63, 3.8) is 0 Å². The Labute approximate surface area is 103 Å². The van der Waals surface area contributed by atoms with Gasteiger partial charge in [0.15, 0.2) is 5.82 Å². The van der Waals surface area contributed by atoms with Gasteiger partial charge < -0.3 is 4.90 Å². The fourth-order valence-corrected chi connectivity index (χ4v) is 2.03. The number of aromatic nitrogens is 1. The molecule has 0 saturated heterocycles. The normalized spacial score (nSPS) is 12.3. The number of hydrogen-bond acceptors (Lipinski definition) is 3. The Kier molecular flexibility index (Phi) is 4.86. The summed E-state index contributed by atoms with van der Waals surface area (Å²) in [5, 5.41) is 0. The fourth-order valence-electron chi connectivity index (χ4n) is 1.33. The van der Waals surface area contributed by atoms with E-state index in [-0.39, 0.29) is 11.6 Å². The van der Waals surface area contributed by atoms with Crippen LogP contribution < -0.4 is 0 Å². The van der Waals surface area contributed by atoms with Crippen molar-refractivity contribution in [1.82, 2.24) is 9.88 Å². The lowest BCUT2D eigenvalue weighted by atomic mass is 10.2. The van der Waals surface area contributed by atoms with Gasteiger partial charge in [0.05, 0.1) is 5.56 Å². The van der Waals surface area contributed by atoms with Gasteiger partial charge in [-0.05, 0) is 19.2 Å². The molecule has 0 spiro atoms. The minimum Gasteiger partial charge on any atom is -0.338 e. The Balaban J connectivity index is 2.93.